The summed E-state index contributed by atoms with van der Waals surface area (Å²) >= 11 is 5.75. The zero-order valence-electron chi connectivity index (χ0n) is 10.5. The van der Waals surface area contributed by atoms with Gasteiger partial charge in [-0.15, -0.1) is 0 Å². The molecule has 0 spiro atoms. The number of hydrogen-bond donors (Lipinski definition) is 1. The molecule has 0 aliphatic carbocycles. The number of nitrogens with zero attached hydrogens (tertiary/aromatic N) is 3. The van der Waals surface area contributed by atoms with Crippen LogP contribution in [0.15, 0.2) is 12.3 Å². The summed E-state index contributed by atoms with van der Waals surface area (Å²) in [5, 5.41) is 11.3. The highest BCUT2D eigenvalue weighted by molar-refractivity contribution is 6.30. The van der Waals surface area contributed by atoms with Crippen molar-refractivity contribution in [1.29, 1.82) is 0 Å². The van der Waals surface area contributed by atoms with E-state index in [1.165, 1.54) is 12.3 Å². The van der Waals surface area contributed by atoms with Crippen LogP contribution in [0.1, 0.15) is 6.92 Å². The van der Waals surface area contributed by atoms with Crippen LogP contribution in [0.4, 0.5) is 11.5 Å². The summed E-state index contributed by atoms with van der Waals surface area (Å²) in [6.07, 6.45) is 1.24. The molecule has 1 aromatic rings. The molecular weight excluding hydrogens is 272 g/mol. The molecule has 2 atom stereocenters. The lowest BCUT2D eigenvalue weighted by Gasteiger charge is -2.35. The van der Waals surface area contributed by atoms with Gasteiger partial charge in [-0.05, 0) is 6.92 Å². The largest absolute Gasteiger partial charge is 0.373 e. The first-order valence-electron chi connectivity index (χ1n) is 5.91. The van der Waals surface area contributed by atoms with E-state index in [4.69, 9.17) is 22.1 Å². The lowest BCUT2D eigenvalue weighted by molar-refractivity contribution is -0.384. The summed E-state index contributed by atoms with van der Waals surface area (Å²) in [6.45, 7) is 3.33. The van der Waals surface area contributed by atoms with Crippen LogP contribution in [0, 0.1) is 10.1 Å². The molecule has 0 aromatic carbocycles. The third-order valence-corrected chi connectivity index (χ3v) is 3.20. The van der Waals surface area contributed by atoms with E-state index < -0.39 is 4.92 Å². The highest BCUT2D eigenvalue weighted by Gasteiger charge is 2.29. The van der Waals surface area contributed by atoms with Crippen molar-refractivity contribution >= 4 is 23.1 Å². The lowest BCUT2D eigenvalue weighted by atomic mass is 10.1. The Kier molecular flexibility index (Phi) is 4.18. The maximum atomic E-state index is 11.1. The molecule has 0 radical (unpaired) electrons. The molecule has 2 heterocycles. The maximum Gasteiger partial charge on any atom is 0.313 e. The number of hydrogen-bond acceptors (Lipinski definition) is 6. The Bertz CT molecular complexity index is 483. The van der Waals surface area contributed by atoms with Crippen LogP contribution in [0.5, 0.6) is 0 Å². The first kappa shape index (κ1) is 14.0. The molecule has 1 aliphatic heterocycles. The zero-order chi connectivity index (χ0) is 14.0. The molecule has 0 saturated carbocycles. The number of halogens is 1. The lowest BCUT2D eigenvalue weighted by Crippen LogP contribution is -2.50. The van der Waals surface area contributed by atoms with E-state index in [1.54, 1.807) is 0 Å². The van der Waals surface area contributed by atoms with Crippen LogP contribution in [0.3, 0.4) is 0 Å². The van der Waals surface area contributed by atoms with E-state index in [2.05, 4.69) is 4.98 Å². The van der Waals surface area contributed by atoms with E-state index in [-0.39, 0.29) is 22.9 Å². The minimum atomic E-state index is -0.482. The second-order valence-electron chi connectivity index (χ2n) is 4.47. The summed E-state index contributed by atoms with van der Waals surface area (Å²) < 4.78 is 5.52. The summed E-state index contributed by atoms with van der Waals surface area (Å²) in [7, 11) is 0. The van der Waals surface area contributed by atoms with Gasteiger partial charge in [0.15, 0.2) is 0 Å². The number of aromatic nitrogens is 1. The van der Waals surface area contributed by atoms with Crippen LogP contribution in [-0.4, -0.2) is 41.7 Å². The number of nitro groups is 1. The quantitative estimate of drug-likeness (QED) is 0.662. The molecule has 104 valence electrons. The van der Waals surface area contributed by atoms with Gasteiger partial charge in [0, 0.05) is 31.4 Å². The Morgan fingerprint density at radius 2 is 2.47 bits per heavy atom. The fourth-order valence-corrected chi connectivity index (χ4v) is 2.14. The number of rotatable bonds is 3. The van der Waals surface area contributed by atoms with Crippen LogP contribution in [0.25, 0.3) is 0 Å². The van der Waals surface area contributed by atoms with Crippen molar-refractivity contribution in [3.8, 4) is 0 Å². The number of nitrogens with two attached hydrogens (primary N) is 1. The van der Waals surface area contributed by atoms with Gasteiger partial charge in [0.25, 0.3) is 0 Å². The third-order valence-electron chi connectivity index (χ3n) is 2.99. The Morgan fingerprint density at radius 3 is 3.11 bits per heavy atom. The normalized spacial score (nSPS) is 21.2. The van der Waals surface area contributed by atoms with Crippen LogP contribution >= 0.6 is 11.6 Å². The predicted molar refractivity (Wildman–Crippen MR) is 71.5 cm³/mol. The van der Waals surface area contributed by atoms with Gasteiger partial charge < -0.3 is 15.4 Å². The van der Waals surface area contributed by atoms with E-state index in [1.807, 2.05) is 11.8 Å². The fraction of sp³-hybridized carbons (Fsp3) is 0.545. The van der Waals surface area contributed by atoms with Gasteiger partial charge in [0.1, 0.15) is 0 Å². The fourth-order valence-electron chi connectivity index (χ4n) is 1.99. The molecule has 7 nitrogen and oxygen atoms in total. The minimum absolute atomic E-state index is 0.0992. The van der Waals surface area contributed by atoms with E-state index in [0.29, 0.717) is 25.5 Å². The molecule has 1 saturated heterocycles. The Hall–Kier alpha value is -1.44. The van der Waals surface area contributed by atoms with Gasteiger partial charge in [-0.3, -0.25) is 10.1 Å². The van der Waals surface area contributed by atoms with Crippen LogP contribution < -0.4 is 10.6 Å². The minimum Gasteiger partial charge on any atom is -0.373 e. The number of ether oxygens (including phenoxy) is 1. The monoisotopic (exact) mass is 286 g/mol. The third kappa shape index (κ3) is 3.12. The maximum absolute atomic E-state index is 11.1. The summed E-state index contributed by atoms with van der Waals surface area (Å²) in [5.41, 5.74) is 5.70. The van der Waals surface area contributed by atoms with Crippen molar-refractivity contribution < 1.29 is 9.66 Å². The second-order valence-corrected chi connectivity index (χ2v) is 4.90. The van der Waals surface area contributed by atoms with Gasteiger partial charge in [-0.2, -0.15) is 0 Å². The SMILES string of the molecule is CC(N)C1CN(c2ncc(Cl)cc2[N+](=O)[O-])CCO1. The molecule has 2 unspecified atom stereocenters. The Morgan fingerprint density at radius 1 is 1.74 bits per heavy atom. The van der Waals surface area contributed by atoms with Gasteiger partial charge in [-0.25, -0.2) is 4.98 Å². The van der Waals surface area contributed by atoms with Crippen LogP contribution in [0.2, 0.25) is 5.02 Å². The Balaban J connectivity index is 2.28. The van der Waals surface area contributed by atoms with Gasteiger partial charge in [0.05, 0.1) is 22.7 Å². The number of morpholine rings is 1. The smallest absolute Gasteiger partial charge is 0.313 e. The van der Waals surface area contributed by atoms with Crippen molar-refractivity contribution in [1.82, 2.24) is 4.98 Å². The second kappa shape index (κ2) is 5.68. The van der Waals surface area contributed by atoms with Crippen LogP contribution in [-0.2, 0) is 4.74 Å². The van der Waals surface area contributed by atoms with Crippen molar-refractivity contribution in [2.24, 2.45) is 5.73 Å². The van der Waals surface area contributed by atoms with Crippen molar-refractivity contribution in [3.05, 3.63) is 27.4 Å². The molecule has 0 amide bonds. The summed E-state index contributed by atoms with van der Waals surface area (Å²) in [4.78, 5) is 16.5. The predicted octanol–water partition coefficient (Wildman–Crippen LogP) is 1.20. The molecule has 1 aromatic heterocycles. The average molecular weight is 287 g/mol. The van der Waals surface area contributed by atoms with Crippen molar-refractivity contribution in [2.45, 2.75) is 19.1 Å². The van der Waals surface area contributed by atoms with E-state index in [9.17, 15) is 10.1 Å². The van der Waals surface area contributed by atoms with Crippen molar-refractivity contribution in [2.75, 3.05) is 24.6 Å². The summed E-state index contributed by atoms with van der Waals surface area (Å²) in [6, 6.07) is 1.16. The first-order valence-corrected chi connectivity index (χ1v) is 6.29. The summed E-state index contributed by atoms with van der Waals surface area (Å²) in [5.74, 6) is 0.309. The molecule has 1 fully saturated rings. The molecule has 0 bridgehead atoms. The molecule has 19 heavy (non-hydrogen) atoms. The number of anilines is 1. The first-order chi connectivity index (χ1) is 8.99. The molecule has 8 heteroatoms. The standard InChI is InChI=1S/C11H15ClN4O3/c1-7(13)10-6-15(2-3-19-10)11-9(16(17)18)4-8(12)5-14-11/h4-5,7,10H,2-3,6,13H2,1H3. The Labute approximate surface area is 115 Å². The molecule has 1 aliphatic rings. The van der Waals surface area contributed by atoms with Crippen molar-refractivity contribution in [3.63, 3.8) is 0 Å². The topological polar surface area (TPSA) is 94.5 Å². The van der Waals surface area contributed by atoms with Gasteiger partial charge in [-0.1, -0.05) is 11.6 Å². The zero-order valence-corrected chi connectivity index (χ0v) is 11.2. The van der Waals surface area contributed by atoms with Gasteiger partial charge >= 0.3 is 5.69 Å². The highest BCUT2D eigenvalue weighted by Crippen LogP contribution is 2.29. The molecular formula is C11H15ClN4O3. The average Bonchev–Trinajstić information content (AvgIpc) is 2.38. The van der Waals surface area contributed by atoms with Gasteiger partial charge in [0.2, 0.25) is 5.82 Å². The molecule has 2 rings (SSSR count). The van der Waals surface area contributed by atoms with E-state index in [0.717, 1.165) is 0 Å². The molecule has 2 N–H and O–H groups in total. The van der Waals surface area contributed by atoms with E-state index >= 15 is 0 Å². The highest BCUT2D eigenvalue weighted by atomic mass is 35.5. The number of pyridine rings is 1.